The van der Waals surface area contributed by atoms with E-state index in [1.165, 1.54) is 42.9 Å². The average Bonchev–Trinajstić information content (AvgIpc) is 3.15. The lowest BCUT2D eigenvalue weighted by Crippen LogP contribution is -2.15. The first-order valence-corrected chi connectivity index (χ1v) is 6.68. The van der Waals surface area contributed by atoms with Crippen LogP contribution in [-0.2, 0) is 9.59 Å². The molecule has 114 valence electrons. The van der Waals surface area contributed by atoms with E-state index >= 15 is 0 Å². The summed E-state index contributed by atoms with van der Waals surface area (Å²) in [5.74, 6) is -0.979. The van der Waals surface area contributed by atoms with Crippen molar-refractivity contribution in [2.75, 3.05) is 0 Å². The van der Waals surface area contributed by atoms with Crippen molar-refractivity contribution in [2.24, 2.45) is 0 Å². The van der Waals surface area contributed by atoms with Crippen molar-refractivity contribution < 1.29 is 28.0 Å². The summed E-state index contributed by atoms with van der Waals surface area (Å²) in [5, 5.41) is 0. The van der Waals surface area contributed by atoms with Crippen molar-refractivity contribution in [1.29, 1.82) is 0 Å². The molecule has 2 aliphatic rings. The lowest BCUT2D eigenvalue weighted by Gasteiger charge is -2.00. The molecule has 0 aliphatic heterocycles. The van der Waals surface area contributed by atoms with Gasteiger partial charge in [0.25, 0.3) is 0 Å². The summed E-state index contributed by atoms with van der Waals surface area (Å²) in [7, 11) is 0. The molecule has 4 rings (SSSR count). The normalized spacial score (nSPS) is 15.2. The van der Waals surface area contributed by atoms with Crippen LogP contribution in [0, 0.1) is 6.92 Å². The fraction of sp³-hybridized carbons (Fsp3) is 0.0588. The Labute approximate surface area is 130 Å². The Morgan fingerprint density at radius 2 is 1.43 bits per heavy atom. The minimum absolute atomic E-state index is 0.359. The van der Waals surface area contributed by atoms with E-state index in [2.05, 4.69) is 0 Å². The van der Waals surface area contributed by atoms with E-state index in [9.17, 15) is 19.2 Å². The van der Waals surface area contributed by atoms with Crippen molar-refractivity contribution in [2.45, 2.75) is 6.92 Å². The molecule has 0 radical (unpaired) electrons. The van der Waals surface area contributed by atoms with Crippen LogP contribution in [0.3, 0.4) is 0 Å². The zero-order valence-electron chi connectivity index (χ0n) is 12.0. The Hall–Kier alpha value is -3.28. The smallest absolute Gasteiger partial charge is 0.237 e. The third-order valence-electron chi connectivity index (χ3n) is 3.39. The summed E-state index contributed by atoms with van der Waals surface area (Å²) in [6.07, 6.45) is 8.34. The molecule has 0 unspecified atom stereocenters. The number of ketones is 4. The second-order valence-corrected chi connectivity index (χ2v) is 4.91. The number of allylic oxidation sites excluding steroid dienone is 2. The number of hydrogen-bond donors (Lipinski definition) is 0. The van der Waals surface area contributed by atoms with Crippen LogP contribution in [-0.4, -0.2) is 23.1 Å². The van der Waals surface area contributed by atoms with Crippen molar-refractivity contribution in [1.82, 2.24) is 0 Å². The summed E-state index contributed by atoms with van der Waals surface area (Å²) in [4.78, 5) is 44.0. The number of aryl methyl sites for hydroxylation is 1. The zero-order chi connectivity index (χ0) is 16.6. The summed E-state index contributed by atoms with van der Waals surface area (Å²) < 4.78 is 9.96. The molecule has 6 nitrogen and oxygen atoms in total. The van der Waals surface area contributed by atoms with Gasteiger partial charge in [0, 0.05) is 0 Å². The van der Waals surface area contributed by atoms with Gasteiger partial charge in [-0.3, -0.25) is 19.2 Å². The molecule has 0 atom stereocenters. The summed E-state index contributed by atoms with van der Waals surface area (Å²) in [6, 6.07) is 1.50. The van der Waals surface area contributed by atoms with Gasteiger partial charge in [0.1, 0.15) is 11.5 Å². The van der Waals surface area contributed by atoms with Gasteiger partial charge in [0.05, 0.1) is 23.7 Å². The number of hydrogen-bond acceptors (Lipinski definition) is 6. The van der Waals surface area contributed by atoms with Gasteiger partial charge in [-0.05, 0) is 42.9 Å². The highest BCUT2D eigenvalue weighted by atomic mass is 16.3. The van der Waals surface area contributed by atoms with E-state index < -0.39 is 23.1 Å². The van der Waals surface area contributed by atoms with Crippen LogP contribution in [0.15, 0.2) is 39.6 Å². The maximum atomic E-state index is 11.2. The molecule has 6 heteroatoms. The highest BCUT2D eigenvalue weighted by Gasteiger charge is 2.25. The Kier molecular flexibility index (Phi) is 3.50. The van der Waals surface area contributed by atoms with E-state index in [4.69, 9.17) is 8.83 Å². The number of fused-ring (bicyclic) bond motifs is 2. The van der Waals surface area contributed by atoms with E-state index in [0.29, 0.717) is 28.2 Å². The van der Waals surface area contributed by atoms with Gasteiger partial charge >= 0.3 is 0 Å². The Morgan fingerprint density at radius 1 is 0.783 bits per heavy atom. The summed E-state index contributed by atoms with van der Waals surface area (Å²) in [5.41, 5.74) is 1.48. The molecule has 0 amide bonds. The maximum absolute atomic E-state index is 11.2. The van der Waals surface area contributed by atoms with Crippen LogP contribution in [0.25, 0.3) is 12.2 Å². The van der Waals surface area contributed by atoms with Crippen LogP contribution in [0.1, 0.15) is 37.8 Å². The number of carbonyl (C=O) groups is 4. The number of Topliss-reactive ketones (excluding diaryl/α,β-unsaturated/α-hetero) is 2. The summed E-state index contributed by atoms with van der Waals surface area (Å²) >= 11 is 0. The second-order valence-electron chi connectivity index (χ2n) is 4.91. The quantitative estimate of drug-likeness (QED) is 0.694. The van der Waals surface area contributed by atoms with E-state index in [0.717, 1.165) is 0 Å². The molecular weight excluding hydrogens is 300 g/mol. The van der Waals surface area contributed by atoms with E-state index in [1.807, 2.05) is 0 Å². The predicted octanol–water partition coefficient (Wildman–Crippen LogP) is 2.42. The number of carbonyl (C=O) groups excluding carboxylic acids is 4. The Morgan fingerprint density at radius 3 is 2.17 bits per heavy atom. The lowest BCUT2D eigenvalue weighted by molar-refractivity contribution is -0.111. The van der Waals surface area contributed by atoms with Crippen molar-refractivity contribution in [3.63, 3.8) is 0 Å². The molecule has 0 saturated heterocycles. The first-order valence-electron chi connectivity index (χ1n) is 6.68. The van der Waals surface area contributed by atoms with E-state index in [-0.39, 0.29) is 0 Å². The molecule has 0 aromatic carbocycles. The van der Waals surface area contributed by atoms with Crippen LogP contribution in [0.5, 0.6) is 0 Å². The highest BCUT2D eigenvalue weighted by Crippen LogP contribution is 2.22. The molecule has 2 aliphatic carbocycles. The largest absolute Gasteiger partial charge is 0.464 e. The third kappa shape index (κ3) is 2.50. The monoisotopic (exact) mass is 310 g/mol. The van der Waals surface area contributed by atoms with Crippen LogP contribution in [0.2, 0.25) is 0 Å². The topological polar surface area (TPSA) is 94.6 Å². The molecule has 23 heavy (non-hydrogen) atoms. The van der Waals surface area contributed by atoms with Crippen LogP contribution < -0.4 is 0 Å². The fourth-order valence-corrected chi connectivity index (χ4v) is 2.23. The first kappa shape index (κ1) is 14.6. The van der Waals surface area contributed by atoms with Crippen molar-refractivity contribution in [3.8, 4) is 0 Å². The standard InChI is InChI=1S/C9H6O3.C8H4O3/c1-5-4-12-7-3-2-6(10)9(11)8(5)7;9-6-1-2-7-5(8(6)10)3-4-11-7/h2-4H,1H3;1-4H. The Balaban J connectivity index is 0.000000136. The Bertz CT molecular complexity index is 903. The molecule has 0 saturated carbocycles. The second kappa shape index (κ2) is 5.49. The minimum atomic E-state index is -0.490. The molecule has 0 N–H and O–H groups in total. The molecule has 0 fully saturated rings. The van der Waals surface area contributed by atoms with Gasteiger partial charge in [-0.1, -0.05) is 0 Å². The van der Waals surface area contributed by atoms with Gasteiger partial charge in [0.15, 0.2) is 0 Å². The SMILES string of the molecule is Cc1coc2c1C(=O)C(=O)C=C2.O=C1C=Cc2occc2C1=O. The number of furan rings is 2. The molecule has 2 aromatic rings. The highest BCUT2D eigenvalue weighted by molar-refractivity contribution is 6.50. The molecule has 0 bridgehead atoms. The van der Waals surface area contributed by atoms with E-state index in [1.54, 1.807) is 6.92 Å². The molecule has 2 heterocycles. The summed E-state index contributed by atoms with van der Waals surface area (Å²) in [6.45, 7) is 1.74. The van der Waals surface area contributed by atoms with Crippen LogP contribution >= 0.6 is 0 Å². The maximum Gasteiger partial charge on any atom is 0.237 e. The molecule has 2 aromatic heterocycles. The zero-order valence-corrected chi connectivity index (χ0v) is 12.0. The van der Waals surface area contributed by atoms with Gasteiger partial charge in [-0.2, -0.15) is 0 Å². The van der Waals surface area contributed by atoms with Crippen molar-refractivity contribution >= 4 is 35.3 Å². The van der Waals surface area contributed by atoms with Crippen molar-refractivity contribution in [3.05, 3.63) is 59.0 Å². The lowest BCUT2D eigenvalue weighted by atomic mass is 9.99. The van der Waals surface area contributed by atoms with Gasteiger partial charge < -0.3 is 8.83 Å². The molecule has 0 spiro atoms. The first-order chi connectivity index (χ1) is 11.0. The van der Waals surface area contributed by atoms with Gasteiger partial charge in [0.2, 0.25) is 23.1 Å². The third-order valence-corrected chi connectivity index (χ3v) is 3.39. The number of rotatable bonds is 0. The van der Waals surface area contributed by atoms with Gasteiger partial charge in [-0.25, -0.2) is 0 Å². The molecular formula is C17H10O6. The minimum Gasteiger partial charge on any atom is -0.464 e. The fourth-order valence-electron chi connectivity index (χ4n) is 2.23. The predicted molar refractivity (Wildman–Crippen MR) is 78.9 cm³/mol. The van der Waals surface area contributed by atoms with Gasteiger partial charge in [-0.15, -0.1) is 0 Å². The average molecular weight is 310 g/mol. The van der Waals surface area contributed by atoms with Crippen LogP contribution in [0.4, 0.5) is 0 Å².